The number of benzene rings is 1. The second kappa shape index (κ2) is 8.26. The molecule has 0 bridgehead atoms. The lowest BCUT2D eigenvalue weighted by Gasteiger charge is -2.14. The predicted octanol–water partition coefficient (Wildman–Crippen LogP) is 1.78. The zero-order valence-electron chi connectivity index (χ0n) is 14.0. The molecule has 0 fully saturated rings. The summed E-state index contributed by atoms with van der Waals surface area (Å²) in [6.07, 6.45) is 1.43. The molecule has 0 aliphatic rings. The average molecular weight is 398 g/mol. The Kier molecular flexibility index (Phi) is 6.30. The van der Waals surface area contributed by atoms with Crippen molar-refractivity contribution in [2.75, 3.05) is 26.0 Å². The van der Waals surface area contributed by atoms with Gasteiger partial charge in [0.15, 0.2) is 6.61 Å². The van der Waals surface area contributed by atoms with E-state index in [1.54, 1.807) is 12.1 Å². The zero-order valence-corrected chi connectivity index (χ0v) is 15.5. The molecule has 0 aliphatic carbocycles. The number of nitrogens with one attached hydrogen (secondary N) is 1. The molecule has 2 rings (SSSR count). The molecule has 1 N–H and O–H groups in total. The minimum Gasteiger partial charge on any atom is -0.451 e. The fourth-order valence-corrected chi connectivity index (χ4v) is 3.25. The van der Waals surface area contributed by atoms with Crippen molar-refractivity contribution in [2.24, 2.45) is 0 Å². The van der Waals surface area contributed by atoms with Gasteiger partial charge in [0.05, 0.1) is 5.02 Å². The number of anilines is 1. The van der Waals surface area contributed by atoms with Crippen LogP contribution in [0, 0.1) is 0 Å². The van der Waals surface area contributed by atoms with Gasteiger partial charge in [0, 0.05) is 26.0 Å². The van der Waals surface area contributed by atoms with Gasteiger partial charge in [-0.2, -0.15) is 0 Å². The zero-order chi connectivity index (χ0) is 19.3. The van der Waals surface area contributed by atoms with Gasteiger partial charge >= 0.3 is 5.97 Å². The first-order chi connectivity index (χ1) is 12.2. The standard InChI is InChI=1S/C16H16ClN3O5S/c1-20(2)26(23,24)14-9-11(6-7-12(14)17)19-15(21)10-25-16(22)13-5-3-4-8-18-13/h3-9H,10H2,1-2H3,(H,19,21). The van der Waals surface area contributed by atoms with Crippen molar-refractivity contribution in [3.63, 3.8) is 0 Å². The fraction of sp³-hybridized carbons (Fsp3) is 0.188. The van der Waals surface area contributed by atoms with Crippen LogP contribution in [0.3, 0.4) is 0 Å². The maximum Gasteiger partial charge on any atom is 0.357 e. The van der Waals surface area contributed by atoms with Gasteiger partial charge in [-0.05, 0) is 30.3 Å². The van der Waals surface area contributed by atoms with Gasteiger partial charge < -0.3 is 10.1 Å². The highest BCUT2D eigenvalue weighted by molar-refractivity contribution is 7.89. The van der Waals surface area contributed by atoms with Crippen LogP contribution >= 0.6 is 11.6 Å². The van der Waals surface area contributed by atoms with E-state index in [0.717, 1.165) is 4.31 Å². The van der Waals surface area contributed by atoms with E-state index < -0.39 is 28.5 Å². The van der Waals surface area contributed by atoms with E-state index in [2.05, 4.69) is 10.3 Å². The number of rotatable bonds is 6. The summed E-state index contributed by atoms with van der Waals surface area (Å²) in [7, 11) is -1.03. The molecule has 2 aromatic rings. The Morgan fingerprint density at radius 2 is 1.96 bits per heavy atom. The fourth-order valence-electron chi connectivity index (χ4n) is 1.86. The predicted molar refractivity (Wildman–Crippen MR) is 95.5 cm³/mol. The molecule has 0 radical (unpaired) electrons. The van der Waals surface area contributed by atoms with Crippen LogP contribution in [-0.2, 0) is 19.6 Å². The van der Waals surface area contributed by atoms with E-state index in [-0.39, 0.29) is 21.3 Å². The molecule has 0 spiro atoms. The van der Waals surface area contributed by atoms with Gasteiger partial charge in [0.2, 0.25) is 10.0 Å². The van der Waals surface area contributed by atoms with Gasteiger partial charge in [0.25, 0.3) is 5.91 Å². The topological polar surface area (TPSA) is 106 Å². The lowest BCUT2D eigenvalue weighted by molar-refractivity contribution is -0.119. The summed E-state index contributed by atoms with van der Waals surface area (Å²) in [5.74, 6) is -1.38. The van der Waals surface area contributed by atoms with E-state index in [4.69, 9.17) is 16.3 Å². The maximum absolute atomic E-state index is 12.2. The van der Waals surface area contributed by atoms with Crippen molar-refractivity contribution in [3.05, 3.63) is 53.3 Å². The SMILES string of the molecule is CN(C)S(=O)(=O)c1cc(NC(=O)COC(=O)c2ccccn2)ccc1Cl. The first-order valence-corrected chi connectivity index (χ1v) is 9.13. The summed E-state index contributed by atoms with van der Waals surface area (Å²) in [6, 6.07) is 8.74. The second-order valence-electron chi connectivity index (χ2n) is 5.27. The van der Waals surface area contributed by atoms with E-state index in [1.165, 1.54) is 44.6 Å². The van der Waals surface area contributed by atoms with Crippen molar-refractivity contribution in [3.8, 4) is 0 Å². The molecular formula is C16H16ClN3O5S. The third-order valence-corrected chi connectivity index (χ3v) is 5.48. The number of sulfonamides is 1. The van der Waals surface area contributed by atoms with Gasteiger partial charge in [0.1, 0.15) is 10.6 Å². The number of ether oxygens (including phenoxy) is 1. The second-order valence-corrected chi connectivity index (χ2v) is 7.80. The molecule has 8 nitrogen and oxygen atoms in total. The number of amides is 1. The average Bonchev–Trinajstić information content (AvgIpc) is 2.61. The van der Waals surface area contributed by atoms with Gasteiger partial charge in [-0.15, -0.1) is 0 Å². The summed E-state index contributed by atoms with van der Waals surface area (Å²) >= 11 is 5.94. The molecule has 0 aliphatic heterocycles. The molecule has 10 heteroatoms. The number of carbonyl (C=O) groups excluding carboxylic acids is 2. The number of halogens is 1. The summed E-state index contributed by atoms with van der Waals surface area (Å²) in [6.45, 7) is -0.548. The summed E-state index contributed by atoms with van der Waals surface area (Å²) in [5.41, 5.74) is 0.278. The molecule has 0 saturated heterocycles. The molecular weight excluding hydrogens is 382 g/mol. The van der Waals surface area contributed by atoms with Crippen LogP contribution in [0.25, 0.3) is 0 Å². The van der Waals surface area contributed by atoms with Crippen LogP contribution in [-0.4, -0.2) is 50.3 Å². The Hall–Kier alpha value is -2.49. The van der Waals surface area contributed by atoms with Crippen LogP contribution in [0.15, 0.2) is 47.5 Å². The number of hydrogen-bond acceptors (Lipinski definition) is 6. The molecule has 0 saturated carbocycles. The number of esters is 1. The molecule has 1 heterocycles. The monoisotopic (exact) mass is 397 g/mol. The molecule has 26 heavy (non-hydrogen) atoms. The van der Waals surface area contributed by atoms with Crippen molar-refractivity contribution < 1.29 is 22.7 Å². The largest absolute Gasteiger partial charge is 0.451 e. The lowest BCUT2D eigenvalue weighted by atomic mass is 10.3. The van der Waals surface area contributed by atoms with Gasteiger partial charge in [-0.25, -0.2) is 22.5 Å². The summed E-state index contributed by atoms with van der Waals surface area (Å²) in [4.78, 5) is 27.3. The normalized spacial score (nSPS) is 11.2. The van der Waals surface area contributed by atoms with Gasteiger partial charge in [-0.3, -0.25) is 4.79 Å². The van der Waals surface area contributed by atoms with Crippen LogP contribution < -0.4 is 5.32 Å². The van der Waals surface area contributed by atoms with Crippen LogP contribution in [0.5, 0.6) is 0 Å². The number of carbonyl (C=O) groups is 2. The summed E-state index contributed by atoms with van der Waals surface area (Å²) < 4.78 is 30.3. The van der Waals surface area contributed by atoms with E-state index in [0.29, 0.717) is 0 Å². The Labute approximate surface area is 155 Å². The number of hydrogen-bond donors (Lipinski definition) is 1. The van der Waals surface area contributed by atoms with Crippen molar-refractivity contribution in [2.45, 2.75) is 4.90 Å². The summed E-state index contributed by atoms with van der Waals surface area (Å²) in [5, 5.41) is 2.48. The molecule has 1 aromatic carbocycles. The van der Waals surface area contributed by atoms with Crippen LogP contribution in [0.2, 0.25) is 5.02 Å². The number of pyridine rings is 1. The third-order valence-electron chi connectivity index (χ3n) is 3.18. The van der Waals surface area contributed by atoms with Crippen molar-refractivity contribution in [1.82, 2.24) is 9.29 Å². The van der Waals surface area contributed by atoms with E-state index in [9.17, 15) is 18.0 Å². The Morgan fingerprint density at radius 1 is 1.23 bits per heavy atom. The lowest BCUT2D eigenvalue weighted by Crippen LogP contribution is -2.23. The smallest absolute Gasteiger partial charge is 0.357 e. The molecule has 1 amide bonds. The van der Waals surface area contributed by atoms with E-state index >= 15 is 0 Å². The Balaban J connectivity index is 2.05. The number of aromatic nitrogens is 1. The van der Waals surface area contributed by atoms with Crippen LogP contribution in [0.4, 0.5) is 5.69 Å². The highest BCUT2D eigenvalue weighted by Gasteiger charge is 2.21. The third kappa shape index (κ3) is 4.78. The molecule has 0 unspecified atom stereocenters. The molecule has 138 valence electrons. The molecule has 0 atom stereocenters. The van der Waals surface area contributed by atoms with Crippen molar-refractivity contribution in [1.29, 1.82) is 0 Å². The maximum atomic E-state index is 12.2. The molecule has 1 aromatic heterocycles. The Bertz CT molecular complexity index is 917. The highest BCUT2D eigenvalue weighted by Crippen LogP contribution is 2.26. The minimum atomic E-state index is -3.77. The van der Waals surface area contributed by atoms with Crippen molar-refractivity contribution >= 4 is 39.2 Å². The minimum absolute atomic E-state index is 0.0262. The first-order valence-electron chi connectivity index (χ1n) is 7.32. The van der Waals surface area contributed by atoms with Crippen LogP contribution in [0.1, 0.15) is 10.5 Å². The number of nitrogens with zero attached hydrogens (tertiary/aromatic N) is 2. The first kappa shape index (κ1) is 19.8. The Morgan fingerprint density at radius 3 is 2.58 bits per heavy atom. The van der Waals surface area contributed by atoms with E-state index in [1.807, 2.05) is 0 Å². The highest BCUT2D eigenvalue weighted by atomic mass is 35.5. The van der Waals surface area contributed by atoms with Gasteiger partial charge in [-0.1, -0.05) is 17.7 Å². The quantitative estimate of drug-likeness (QED) is 0.745.